The molecule has 0 aromatic carbocycles. The van der Waals surface area contributed by atoms with Crippen LogP contribution in [0, 0.1) is 0 Å². The summed E-state index contributed by atoms with van der Waals surface area (Å²) in [6.07, 6.45) is 3.26. The Kier molecular flexibility index (Phi) is 2.90. The third-order valence-electron chi connectivity index (χ3n) is 2.81. The Morgan fingerprint density at radius 1 is 1.35 bits per heavy atom. The van der Waals surface area contributed by atoms with Crippen molar-refractivity contribution in [1.29, 1.82) is 0 Å². The molecule has 3 aromatic heterocycles. The van der Waals surface area contributed by atoms with Crippen molar-refractivity contribution in [2.24, 2.45) is 0 Å². The van der Waals surface area contributed by atoms with Crippen LogP contribution in [0.15, 0.2) is 39.6 Å². The van der Waals surface area contributed by atoms with E-state index in [-0.39, 0.29) is 0 Å². The molecule has 0 saturated carbocycles. The molecule has 0 fully saturated rings. The van der Waals surface area contributed by atoms with Gasteiger partial charge in [0.15, 0.2) is 5.76 Å². The molecule has 1 N–H and O–H groups in total. The zero-order valence-electron chi connectivity index (χ0n) is 11.1. The van der Waals surface area contributed by atoms with Gasteiger partial charge in [-0.2, -0.15) is 0 Å². The van der Waals surface area contributed by atoms with E-state index in [0.717, 1.165) is 0 Å². The molecule has 0 amide bonds. The number of rotatable bonds is 4. The monoisotopic (exact) mass is 274 g/mol. The van der Waals surface area contributed by atoms with Crippen LogP contribution in [0.3, 0.4) is 0 Å². The van der Waals surface area contributed by atoms with Gasteiger partial charge < -0.3 is 14.0 Å². The Morgan fingerprint density at radius 2 is 2.20 bits per heavy atom. The van der Waals surface area contributed by atoms with Crippen molar-refractivity contribution in [2.75, 3.05) is 0 Å². The number of furan rings is 1. The lowest BCUT2D eigenvalue weighted by Gasteiger charge is -2.11. The van der Waals surface area contributed by atoms with Crippen LogP contribution in [0.1, 0.15) is 25.2 Å². The minimum absolute atomic E-state index is 0.410. The van der Waals surface area contributed by atoms with Crippen molar-refractivity contribution in [3.05, 3.63) is 42.0 Å². The van der Waals surface area contributed by atoms with E-state index >= 15 is 0 Å². The van der Waals surface area contributed by atoms with Crippen molar-refractivity contribution < 1.29 is 14.0 Å². The van der Waals surface area contributed by atoms with Crippen molar-refractivity contribution in [3.8, 4) is 11.5 Å². The van der Waals surface area contributed by atoms with E-state index < -0.39 is 5.60 Å². The summed E-state index contributed by atoms with van der Waals surface area (Å²) in [4.78, 5) is 0. The van der Waals surface area contributed by atoms with Crippen LogP contribution < -0.4 is 0 Å². The molecular formula is C13H14N4O3. The first-order chi connectivity index (χ1) is 9.52. The largest absolute Gasteiger partial charge is 0.461 e. The lowest BCUT2D eigenvalue weighted by atomic mass is 10.1. The second kappa shape index (κ2) is 4.61. The SMILES string of the molecule is CC(C)(O)c1cn(Cc2cc(-c3ccco3)on2)nn1. The topological polar surface area (TPSA) is 90.1 Å². The second-order valence-electron chi connectivity index (χ2n) is 5.02. The molecule has 0 aliphatic heterocycles. The number of aromatic nitrogens is 4. The maximum Gasteiger partial charge on any atom is 0.202 e. The zero-order chi connectivity index (χ0) is 14.2. The summed E-state index contributed by atoms with van der Waals surface area (Å²) >= 11 is 0. The van der Waals surface area contributed by atoms with E-state index in [1.165, 1.54) is 0 Å². The van der Waals surface area contributed by atoms with Gasteiger partial charge in [0.05, 0.1) is 19.0 Å². The Labute approximate surface area is 114 Å². The van der Waals surface area contributed by atoms with E-state index in [4.69, 9.17) is 8.94 Å². The van der Waals surface area contributed by atoms with Crippen LogP contribution >= 0.6 is 0 Å². The van der Waals surface area contributed by atoms with Gasteiger partial charge in [0, 0.05) is 6.07 Å². The third kappa shape index (κ3) is 2.48. The standard InChI is InChI=1S/C13H14N4O3/c1-13(2,18)12-8-17(16-14-12)7-9-6-11(20-15-9)10-4-3-5-19-10/h3-6,8,18H,7H2,1-2H3. The van der Waals surface area contributed by atoms with Gasteiger partial charge in [-0.15, -0.1) is 5.10 Å². The average molecular weight is 274 g/mol. The summed E-state index contributed by atoms with van der Waals surface area (Å²) in [5.41, 5.74) is 0.192. The van der Waals surface area contributed by atoms with E-state index in [0.29, 0.717) is 29.5 Å². The molecule has 0 aliphatic rings. The summed E-state index contributed by atoms with van der Waals surface area (Å²) in [7, 11) is 0. The van der Waals surface area contributed by atoms with E-state index in [9.17, 15) is 5.11 Å². The van der Waals surface area contributed by atoms with Gasteiger partial charge in [0.1, 0.15) is 17.0 Å². The number of aliphatic hydroxyl groups is 1. The highest BCUT2D eigenvalue weighted by Crippen LogP contribution is 2.21. The van der Waals surface area contributed by atoms with Crippen LogP contribution in [-0.4, -0.2) is 25.3 Å². The maximum atomic E-state index is 9.84. The van der Waals surface area contributed by atoms with Crippen LogP contribution in [0.25, 0.3) is 11.5 Å². The van der Waals surface area contributed by atoms with Crippen LogP contribution in [0.4, 0.5) is 0 Å². The molecule has 3 aromatic rings. The van der Waals surface area contributed by atoms with Crippen LogP contribution in [0.2, 0.25) is 0 Å². The molecule has 0 atom stereocenters. The molecule has 0 aliphatic carbocycles. The number of nitrogens with zero attached hydrogens (tertiary/aromatic N) is 4. The zero-order valence-corrected chi connectivity index (χ0v) is 11.1. The number of hydrogen-bond acceptors (Lipinski definition) is 6. The Morgan fingerprint density at radius 3 is 2.85 bits per heavy atom. The lowest BCUT2D eigenvalue weighted by Crippen LogP contribution is -2.15. The minimum atomic E-state index is -1.01. The summed E-state index contributed by atoms with van der Waals surface area (Å²) in [5.74, 6) is 1.19. The minimum Gasteiger partial charge on any atom is -0.461 e. The van der Waals surface area contributed by atoms with Gasteiger partial charge in [0.2, 0.25) is 5.76 Å². The van der Waals surface area contributed by atoms with Crippen molar-refractivity contribution in [3.63, 3.8) is 0 Å². The molecule has 3 rings (SSSR count). The summed E-state index contributed by atoms with van der Waals surface area (Å²) in [6, 6.07) is 5.36. The fourth-order valence-corrected chi connectivity index (χ4v) is 1.74. The fraction of sp³-hybridized carbons (Fsp3) is 0.308. The molecule has 0 radical (unpaired) electrons. The van der Waals surface area contributed by atoms with E-state index in [1.54, 1.807) is 49.2 Å². The molecular weight excluding hydrogens is 260 g/mol. The highest BCUT2D eigenvalue weighted by molar-refractivity contribution is 5.49. The lowest BCUT2D eigenvalue weighted by molar-refractivity contribution is 0.0737. The highest BCUT2D eigenvalue weighted by Gasteiger charge is 2.20. The second-order valence-corrected chi connectivity index (χ2v) is 5.02. The quantitative estimate of drug-likeness (QED) is 0.780. The summed E-state index contributed by atoms with van der Waals surface area (Å²) in [6.45, 7) is 3.73. The first kappa shape index (κ1) is 12.6. The first-order valence-corrected chi connectivity index (χ1v) is 6.15. The van der Waals surface area contributed by atoms with E-state index in [1.807, 2.05) is 0 Å². The molecule has 7 heteroatoms. The molecule has 3 heterocycles. The molecule has 104 valence electrons. The van der Waals surface area contributed by atoms with Gasteiger partial charge in [-0.1, -0.05) is 10.4 Å². The van der Waals surface area contributed by atoms with Gasteiger partial charge in [-0.05, 0) is 26.0 Å². The third-order valence-corrected chi connectivity index (χ3v) is 2.81. The van der Waals surface area contributed by atoms with Gasteiger partial charge in [0.25, 0.3) is 0 Å². The van der Waals surface area contributed by atoms with Gasteiger partial charge >= 0.3 is 0 Å². The van der Waals surface area contributed by atoms with Crippen molar-refractivity contribution in [2.45, 2.75) is 26.0 Å². The Hall–Kier alpha value is -2.41. The predicted octanol–water partition coefficient (Wildman–Crippen LogP) is 1.80. The molecule has 7 nitrogen and oxygen atoms in total. The number of hydrogen-bond donors (Lipinski definition) is 1. The normalized spacial score (nSPS) is 11.9. The first-order valence-electron chi connectivity index (χ1n) is 6.15. The molecule has 0 saturated heterocycles. The highest BCUT2D eigenvalue weighted by atomic mass is 16.5. The van der Waals surface area contributed by atoms with Gasteiger partial charge in [-0.3, -0.25) is 0 Å². The molecule has 20 heavy (non-hydrogen) atoms. The molecule has 0 unspecified atom stereocenters. The van der Waals surface area contributed by atoms with Crippen LogP contribution in [-0.2, 0) is 12.1 Å². The average Bonchev–Trinajstić information content (AvgIpc) is 3.08. The van der Waals surface area contributed by atoms with Crippen molar-refractivity contribution >= 4 is 0 Å². The fourth-order valence-electron chi connectivity index (χ4n) is 1.74. The van der Waals surface area contributed by atoms with Crippen LogP contribution in [0.5, 0.6) is 0 Å². The summed E-state index contributed by atoms with van der Waals surface area (Å²) in [5, 5.41) is 21.7. The molecule has 0 bridgehead atoms. The molecule has 0 spiro atoms. The maximum absolute atomic E-state index is 9.84. The predicted molar refractivity (Wildman–Crippen MR) is 68.6 cm³/mol. The Balaban J connectivity index is 1.77. The summed E-state index contributed by atoms with van der Waals surface area (Å²) < 4.78 is 12.0. The Bertz CT molecular complexity index is 691. The van der Waals surface area contributed by atoms with Crippen molar-refractivity contribution in [1.82, 2.24) is 20.2 Å². The van der Waals surface area contributed by atoms with E-state index in [2.05, 4.69) is 15.5 Å². The van der Waals surface area contributed by atoms with Gasteiger partial charge in [-0.25, -0.2) is 4.68 Å². The smallest absolute Gasteiger partial charge is 0.202 e.